The van der Waals surface area contributed by atoms with Crippen LogP contribution in [-0.2, 0) is 4.79 Å². The first kappa shape index (κ1) is 12.8. The summed E-state index contributed by atoms with van der Waals surface area (Å²) in [5.74, 6) is 0.181. The van der Waals surface area contributed by atoms with Crippen molar-refractivity contribution >= 4 is 5.91 Å². The van der Waals surface area contributed by atoms with Gasteiger partial charge in [-0.3, -0.25) is 4.79 Å². The third-order valence-corrected chi connectivity index (χ3v) is 4.35. The number of aliphatic hydroxyl groups is 1. The van der Waals surface area contributed by atoms with Crippen LogP contribution in [0.4, 0.5) is 0 Å². The second-order valence-electron chi connectivity index (χ2n) is 5.88. The van der Waals surface area contributed by atoms with Crippen molar-refractivity contribution in [2.45, 2.75) is 51.7 Å². The van der Waals surface area contributed by atoms with Crippen molar-refractivity contribution in [3.8, 4) is 0 Å². The molecule has 2 aliphatic heterocycles. The molecular weight excluding hydrogens is 216 g/mol. The molecule has 0 aliphatic carbocycles. The molecule has 0 aromatic heterocycles. The molecule has 0 aromatic rings. The van der Waals surface area contributed by atoms with E-state index in [-0.39, 0.29) is 23.5 Å². The topological polar surface area (TPSA) is 52.6 Å². The van der Waals surface area contributed by atoms with Crippen molar-refractivity contribution in [2.75, 3.05) is 19.6 Å². The lowest BCUT2D eigenvalue weighted by molar-refractivity contribution is -0.136. The Balaban J connectivity index is 1.95. The summed E-state index contributed by atoms with van der Waals surface area (Å²) in [5.41, 5.74) is 0.283. The van der Waals surface area contributed by atoms with Crippen molar-refractivity contribution in [3.05, 3.63) is 0 Å². The number of nitrogens with zero attached hydrogens (tertiary/aromatic N) is 1. The number of nitrogens with one attached hydrogen (secondary N) is 1. The minimum absolute atomic E-state index is 0.163. The Bertz CT molecular complexity index is 295. The van der Waals surface area contributed by atoms with Gasteiger partial charge in [0.05, 0.1) is 12.1 Å². The Morgan fingerprint density at radius 2 is 2.35 bits per heavy atom. The molecule has 0 spiro atoms. The molecule has 0 radical (unpaired) electrons. The second kappa shape index (κ2) is 4.94. The molecule has 4 heteroatoms. The number of hydrogen-bond donors (Lipinski definition) is 2. The molecule has 0 saturated carbocycles. The van der Waals surface area contributed by atoms with Crippen LogP contribution in [0.1, 0.15) is 39.5 Å². The Labute approximate surface area is 103 Å². The van der Waals surface area contributed by atoms with Crippen LogP contribution in [0.2, 0.25) is 0 Å². The Hall–Kier alpha value is -0.610. The molecule has 98 valence electrons. The van der Waals surface area contributed by atoms with Crippen LogP contribution in [0.15, 0.2) is 0 Å². The summed E-state index contributed by atoms with van der Waals surface area (Å²) in [7, 11) is 0. The summed E-state index contributed by atoms with van der Waals surface area (Å²) < 4.78 is 0. The third kappa shape index (κ3) is 2.80. The van der Waals surface area contributed by atoms with Crippen LogP contribution in [0.3, 0.4) is 0 Å². The van der Waals surface area contributed by atoms with Crippen molar-refractivity contribution in [2.24, 2.45) is 5.41 Å². The number of β-amino-alcohol motifs (C(OH)–C–C–N with tert-alkyl or cyclic N) is 1. The van der Waals surface area contributed by atoms with E-state index < -0.39 is 0 Å². The first-order chi connectivity index (χ1) is 8.04. The fourth-order valence-electron chi connectivity index (χ4n) is 2.92. The molecule has 2 aliphatic rings. The third-order valence-electron chi connectivity index (χ3n) is 4.35. The quantitative estimate of drug-likeness (QED) is 0.749. The highest BCUT2D eigenvalue weighted by molar-refractivity contribution is 5.82. The van der Waals surface area contributed by atoms with Gasteiger partial charge in [-0.2, -0.15) is 0 Å². The van der Waals surface area contributed by atoms with Gasteiger partial charge in [-0.05, 0) is 31.1 Å². The fourth-order valence-corrected chi connectivity index (χ4v) is 2.92. The van der Waals surface area contributed by atoms with Crippen LogP contribution in [0.25, 0.3) is 0 Å². The smallest absolute Gasteiger partial charge is 0.239 e. The van der Waals surface area contributed by atoms with E-state index in [0.29, 0.717) is 13.0 Å². The van der Waals surface area contributed by atoms with E-state index in [9.17, 15) is 9.90 Å². The Morgan fingerprint density at radius 1 is 1.59 bits per heavy atom. The number of carbonyl (C=O) groups is 1. The maximum Gasteiger partial charge on any atom is 0.239 e. The number of amides is 1. The molecule has 2 N–H and O–H groups in total. The molecule has 0 aromatic carbocycles. The minimum Gasteiger partial charge on any atom is -0.392 e. The molecule has 0 bridgehead atoms. The number of piperidine rings is 1. The molecule has 1 amide bonds. The maximum absolute atomic E-state index is 12.3. The van der Waals surface area contributed by atoms with Gasteiger partial charge in [-0.25, -0.2) is 0 Å². The highest BCUT2D eigenvalue weighted by Gasteiger charge is 2.36. The van der Waals surface area contributed by atoms with E-state index in [0.717, 1.165) is 25.9 Å². The van der Waals surface area contributed by atoms with Crippen LogP contribution in [-0.4, -0.2) is 47.7 Å². The standard InChI is InChI=1S/C13H24N2O2/c1-3-13(2)5-4-6-15(9-13)12(17)11-7-10(16)8-14-11/h10-11,14,16H,3-9H2,1-2H3. The van der Waals surface area contributed by atoms with Gasteiger partial charge in [-0.15, -0.1) is 0 Å². The zero-order chi connectivity index (χ0) is 12.5. The number of hydrogen-bond acceptors (Lipinski definition) is 3. The van der Waals surface area contributed by atoms with Gasteiger partial charge >= 0.3 is 0 Å². The Kier molecular flexibility index (Phi) is 3.73. The number of carbonyl (C=O) groups excluding carboxylic acids is 1. The molecule has 2 rings (SSSR count). The predicted octanol–water partition coefficient (Wildman–Crippen LogP) is 0.748. The zero-order valence-corrected chi connectivity index (χ0v) is 10.9. The molecule has 2 saturated heterocycles. The van der Waals surface area contributed by atoms with Gasteiger partial charge < -0.3 is 15.3 Å². The summed E-state index contributed by atoms with van der Waals surface area (Å²) >= 11 is 0. The highest BCUT2D eigenvalue weighted by atomic mass is 16.3. The number of likely N-dealkylation sites (tertiary alicyclic amines) is 1. The highest BCUT2D eigenvalue weighted by Crippen LogP contribution is 2.33. The average Bonchev–Trinajstić information content (AvgIpc) is 2.75. The van der Waals surface area contributed by atoms with E-state index in [1.807, 2.05) is 4.90 Å². The molecule has 3 atom stereocenters. The second-order valence-corrected chi connectivity index (χ2v) is 5.88. The molecule has 2 fully saturated rings. The van der Waals surface area contributed by atoms with Crippen molar-refractivity contribution in [3.63, 3.8) is 0 Å². The number of rotatable bonds is 2. The fraction of sp³-hybridized carbons (Fsp3) is 0.923. The summed E-state index contributed by atoms with van der Waals surface area (Å²) in [6.07, 6.45) is 3.65. The lowest BCUT2D eigenvalue weighted by Gasteiger charge is -2.41. The lowest BCUT2D eigenvalue weighted by atomic mass is 9.79. The summed E-state index contributed by atoms with van der Waals surface area (Å²) in [4.78, 5) is 14.3. The van der Waals surface area contributed by atoms with Crippen LogP contribution in [0, 0.1) is 5.41 Å². The average molecular weight is 240 g/mol. The van der Waals surface area contributed by atoms with Gasteiger partial charge in [0, 0.05) is 19.6 Å². The van der Waals surface area contributed by atoms with Crippen LogP contribution in [0.5, 0.6) is 0 Å². The van der Waals surface area contributed by atoms with Crippen LogP contribution >= 0.6 is 0 Å². The molecule has 2 heterocycles. The van der Waals surface area contributed by atoms with Crippen molar-refractivity contribution in [1.82, 2.24) is 10.2 Å². The molecule has 17 heavy (non-hydrogen) atoms. The summed E-state index contributed by atoms with van der Waals surface area (Å²) in [6, 6.07) is -0.163. The summed E-state index contributed by atoms with van der Waals surface area (Å²) in [5, 5.41) is 12.6. The summed E-state index contributed by atoms with van der Waals surface area (Å²) in [6.45, 7) is 6.77. The Morgan fingerprint density at radius 3 is 2.94 bits per heavy atom. The van der Waals surface area contributed by atoms with Gasteiger partial charge in [-0.1, -0.05) is 13.8 Å². The van der Waals surface area contributed by atoms with Crippen molar-refractivity contribution in [1.29, 1.82) is 0 Å². The van der Waals surface area contributed by atoms with Gasteiger partial charge in [0.25, 0.3) is 0 Å². The minimum atomic E-state index is -0.355. The van der Waals surface area contributed by atoms with E-state index in [4.69, 9.17) is 0 Å². The first-order valence-corrected chi connectivity index (χ1v) is 6.74. The van der Waals surface area contributed by atoms with Gasteiger partial charge in [0.15, 0.2) is 0 Å². The van der Waals surface area contributed by atoms with Gasteiger partial charge in [0.1, 0.15) is 0 Å². The lowest BCUT2D eigenvalue weighted by Crippen LogP contribution is -2.50. The molecule has 3 unspecified atom stereocenters. The SMILES string of the molecule is CCC1(C)CCCN(C(=O)C2CC(O)CN2)C1. The van der Waals surface area contributed by atoms with Crippen LogP contribution < -0.4 is 5.32 Å². The first-order valence-electron chi connectivity index (χ1n) is 6.74. The van der Waals surface area contributed by atoms with E-state index in [1.54, 1.807) is 0 Å². The number of aliphatic hydroxyl groups excluding tert-OH is 1. The van der Waals surface area contributed by atoms with Gasteiger partial charge in [0.2, 0.25) is 5.91 Å². The predicted molar refractivity (Wildman–Crippen MR) is 66.6 cm³/mol. The van der Waals surface area contributed by atoms with E-state index >= 15 is 0 Å². The normalized spacial score (nSPS) is 38.4. The largest absolute Gasteiger partial charge is 0.392 e. The van der Waals surface area contributed by atoms with E-state index in [2.05, 4.69) is 19.2 Å². The molecule has 4 nitrogen and oxygen atoms in total. The zero-order valence-electron chi connectivity index (χ0n) is 10.9. The molecular formula is C13H24N2O2. The maximum atomic E-state index is 12.3. The monoisotopic (exact) mass is 240 g/mol. The van der Waals surface area contributed by atoms with E-state index in [1.165, 1.54) is 6.42 Å². The van der Waals surface area contributed by atoms with Crippen molar-refractivity contribution < 1.29 is 9.90 Å².